The Morgan fingerprint density at radius 1 is 1.22 bits per heavy atom. The topological polar surface area (TPSA) is 48.8 Å². The molecule has 0 radical (unpaired) electrons. The molecule has 1 atom stereocenters. The smallest absolute Gasteiger partial charge is 0.185 e. The first-order valence-corrected chi connectivity index (χ1v) is 8.83. The van der Waals surface area contributed by atoms with Crippen molar-refractivity contribution >= 4 is 16.5 Å². The van der Waals surface area contributed by atoms with E-state index in [2.05, 4.69) is 14.8 Å². The van der Waals surface area contributed by atoms with Gasteiger partial charge < -0.3 is 14.7 Å². The van der Waals surface area contributed by atoms with Crippen LogP contribution >= 0.6 is 11.3 Å². The fourth-order valence-corrected chi connectivity index (χ4v) is 3.37. The number of β-amino-alcohol motifs (C(OH)–C–C–N with tert-alkyl or cyclic N) is 1. The molecule has 0 saturated carbocycles. The Morgan fingerprint density at radius 3 is 2.61 bits per heavy atom. The highest BCUT2D eigenvalue weighted by Gasteiger charge is 2.20. The van der Waals surface area contributed by atoms with E-state index >= 15 is 0 Å². The highest BCUT2D eigenvalue weighted by molar-refractivity contribution is 7.13. The Hall–Kier alpha value is -1.63. The summed E-state index contributed by atoms with van der Waals surface area (Å²) >= 11 is 1.68. The molecule has 23 heavy (non-hydrogen) atoms. The van der Waals surface area contributed by atoms with Crippen molar-refractivity contribution in [2.45, 2.75) is 13.0 Å². The van der Waals surface area contributed by atoms with E-state index in [1.807, 2.05) is 42.8 Å². The number of nitrogens with zero attached hydrogens (tertiary/aromatic N) is 3. The molecule has 1 saturated heterocycles. The third-order valence-electron chi connectivity index (χ3n) is 3.99. The minimum atomic E-state index is -0.470. The summed E-state index contributed by atoms with van der Waals surface area (Å²) in [5.41, 5.74) is 1.20. The molecule has 3 rings (SSSR count). The first kappa shape index (κ1) is 16.2. The zero-order chi connectivity index (χ0) is 16.1. The minimum absolute atomic E-state index is 0.329. The Labute approximate surface area is 141 Å². The van der Waals surface area contributed by atoms with E-state index in [1.165, 1.54) is 5.56 Å². The summed E-state index contributed by atoms with van der Waals surface area (Å²) in [5, 5.41) is 13.3. The van der Waals surface area contributed by atoms with Gasteiger partial charge >= 0.3 is 0 Å². The van der Waals surface area contributed by atoms with E-state index in [0.29, 0.717) is 13.2 Å². The van der Waals surface area contributed by atoms with E-state index in [0.717, 1.165) is 37.1 Å². The van der Waals surface area contributed by atoms with Crippen LogP contribution in [0.4, 0.5) is 5.13 Å². The van der Waals surface area contributed by atoms with E-state index in [1.54, 1.807) is 11.3 Å². The summed E-state index contributed by atoms with van der Waals surface area (Å²) < 4.78 is 5.65. The third-order valence-corrected chi connectivity index (χ3v) is 4.83. The molecule has 5 nitrogen and oxygen atoms in total. The van der Waals surface area contributed by atoms with Crippen molar-refractivity contribution in [3.8, 4) is 5.75 Å². The molecule has 1 N–H and O–H groups in total. The lowest BCUT2D eigenvalue weighted by Gasteiger charge is -2.35. The van der Waals surface area contributed by atoms with Crippen molar-refractivity contribution in [3.63, 3.8) is 0 Å². The van der Waals surface area contributed by atoms with Crippen LogP contribution < -0.4 is 9.64 Å². The second kappa shape index (κ2) is 7.77. The highest BCUT2D eigenvalue weighted by Crippen LogP contribution is 2.19. The van der Waals surface area contributed by atoms with Crippen molar-refractivity contribution in [1.82, 2.24) is 9.88 Å². The molecule has 124 valence electrons. The van der Waals surface area contributed by atoms with E-state index in [-0.39, 0.29) is 0 Å². The largest absolute Gasteiger partial charge is 0.491 e. The van der Waals surface area contributed by atoms with Gasteiger partial charge in [0.2, 0.25) is 0 Å². The fraction of sp³-hybridized carbons (Fsp3) is 0.471. The summed E-state index contributed by atoms with van der Waals surface area (Å²) in [6.45, 7) is 6.83. The van der Waals surface area contributed by atoms with Crippen LogP contribution in [0.15, 0.2) is 35.8 Å². The van der Waals surface area contributed by atoms with Gasteiger partial charge in [0.15, 0.2) is 5.13 Å². The van der Waals surface area contributed by atoms with Crippen LogP contribution in [0.5, 0.6) is 5.75 Å². The Kier molecular flexibility index (Phi) is 5.48. The predicted molar refractivity (Wildman–Crippen MR) is 93.4 cm³/mol. The molecule has 2 heterocycles. The van der Waals surface area contributed by atoms with Gasteiger partial charge in [0, 0.05) is 44.3 Å². The number of thiazole rings is 1. The maximum atomic E-state index is 10.2. The zero-order valence-corrected chi connectivity index (χ0v) is 14.2. The number of aliphatic hydroxyl groups excluding tert-OH is 1. The second-order valence-corrected chi connectivity index (χ2v) is 6.75. The van der Waals surface area contributed by atoms with Gasteiger partial charge in [-0.15, -0.1) is 11.3 Å². The molecule has 1 aromatic heterocycles. The normalized spacial score (nSPS) is 17.2. The van der Waals surface area contributed by atoms with Gasteiger partial charge in [-0.25, -0.2) is 4.98 Å². The molecule has 6 heteroatoms. The van der Waals surface area contributed by atoms with Crippen LogP contribution in [-0.2, 0) is 0 Å². The summed E-state index contributed by atoms with van der Waals surface area (Å²) in [5.74, 6) is 0.809. The number of aromatic nitrogens is 1. The van der Waals surface area contributed by atoms with Crippen LogP contribution in [0.25, 0.3) is 0 Å². The summed E-state index contributed by atoms with van der Waals surface area (Å²) in [7, 11) is 0. The van der Waals surface area contributed by atoms with Crippen LogP contribution in [0.1, 0.15) is 5.56 Å². The van der Waals surface area contributed by atoms with Crippen molar-refractivity contribution in [2.24, 2.45) is 0 Å². The summed E-state index contributed by atoms with van der Waals surface area (Å²) in [4.78, 5) is 8.94. The Morgan fingerprint density at radius 2 is 1.96 bits per heavy atom. The molecule has 0 spiro atoms. The molecule has 1 aliphatic rings. The second-order valence-electron chi connectivity index (χ2n) is 5.88. The molecule has 0 bridgehead atoms. The van der Waals surface area contributed by atoms with Gasteiger partial charge in [0.25, 0.3) is 0 Å². The van der Waals surface area contributed by atoms with E-state index in [4.69, 9.17) is 4.74 Å². The van der Waals surface area contributed by atoms with Crippen molar-refractivity contribution in [3.05, 3.63) is 41.4 Å². The van der Waals surface area contributed by atoms with Gasteiger partial charge in [0.05, 0.1) is 0 Å². The number of aliphatic hydroxyl groups is 1. The minimum Gasteiger partial charge on any atom is -0.491 e. The molecule has 1 aromatic carbocycles. The molecular weight excluding hydrogens is 310 g/mol. The average Bonchev–Trinajstić information content (AvgIpc) is 3.09. The number of benzene rings is 1. The summed E-state index contributed by atoms with van der Waals surface area (Å²) in [6.07, 6.45) is 1.38. The summed E-state index contributed by atoms with van der Waals surface area (Å²) in [6, 6.07) is 7.91. The number of rotatable bonds is 6. The number of aryl methyl sites for hydroxylation is 1. The monoisotopic (exact) mass is 333 g/mol. The Balaban J connectivity index is 1.39. The number of ether oxygens (including phenoxy) is 1. The zero-order valence-electron chi connectivity index (χ0n) is 13.4. The van der Waals surface area contributed by atoms with Crippen molar-refractivity contribution in [1.29, 1.82) is 0 Å². The predicted octanol–water partition coefficient (Wildman–Crippen LogP) is 2.01. The molecule has 2 aromatic rings. The molecule has 1 fully saturated rings. The molecule has 0 amide bonds. The SMILES string of the molecule is Cc1ccc(OC[C@H](O)CN2CCN(c3nccs3)CC2)cc1. The van der Waals surface area contributed by atoms with Gasteiger partial charge in [-0.05, 0) is 19.1 Å². The molecule has 0 unspecified atom stereocenters. The fourth-order valence-electron chi connectivity index (χ4n) is 2.67. The Bertz CT molecular complexity index is 580. The quantitative estimate of drug-likeness (QED) is 0.876. The lowest BCUT2D eigenvalue weighted by atomic mass is 10.2. The molecular formula is C17H23N3O2S. The van der Waals surface area contributed by atoms with Gasteiger partial charge in [0.1, 0.15) is 18.5 Å². The van der Waals surface area contributed by atoms with Crippen LogP contribution in [0, 0.1) is 6.92 Å². The van der Waals surface area contributed by atoms with Crippen molar-refractivity contribution < 1.29 is 9.84 Å². The number of hydrogen-bond acceptors (Lipinski definition) is 6. The number of anilines is 1. The van der Waals surface area contributed by atoms with Crippen LogP contribution in [0.3, 0.4) is 0 Å². The van der Waals surface area contributed by atoms with E-state index < -0.39 is 6.10 Å². The first-order valence-electron chi connectivity index (χ1n) is 7.95. The lowest BCUT2D eigenvalue weighted by Crippen LogP contribution is -2.49. The maximum absolute atomic E-state index is 10.2. The average molecular weight is 333 g/mol. The van der Waals surface area contributed by atoms with Gasteiger partial charge in [-0.2, -0.15) is 0 Å². The standard InChI is InChI=1S/C17H23N3O2S/c1-14-2-4-16(5-3-14)22-13-15(21)12-19-7-9-20(10-8-19)17-18-6-11-23-17/h2-6,11,15,21H,7-10,12-13H2,1H3/t15-/m1/s1. The molecule has 0 aliphatic carbocycles. The van der Waals surface area contributed by atoms with Gasteiger partial charge in [-0.1, -0.05) is 17.7 Å². The van der Waals surface area contributed by atoms with Crippen LogP contribution in [-0.4, -0.2) is 60.4 Å². The van der Waals surface area contributed by atoms with Crippen LogP contribution in [0.2, 0.25) is 0 Å². The lowest BCUT2D eigenvalue weighted by molar-refractivity contribution is 0.0663. The number of piperazine rings is 1. The van der Waals surface area contributed by atoms with Crippen molar-refractivity contribution in [2.75, 3.05) is 44.2 Å². The highest BCUT2D eigenvalue weighted by atomic mass is 32.1. The first-order chi connectivity index (χ1) is 11.2. The number of hydrogen-bond donors (Lipinski definition) is 1. The maximum Gasteiger partial charge on any atom is 0.185 e. The van der Waals surface area contributed by atoms with E-state index in [9.17, 15) is 5.11 Å². The third kappa shape index (κ3) is 4.67. The molecule has 1 aliphatic heterocycles. The van der Waals surface area contributed by atoms with Gasteiger partial charge in [-0.3, -0.25) is 4.90 Å².